The van der Waals surface area contributed by atoms with Gasteiger partial charge in [-0.05, 0) is 24.1 Å². The Morgan fingerprint density at radius 1 is 1.24 bits per heavy atom. The van der Waals surface area contributed by atoms with Gasteiger partial charge in [0, 0.05) is 24.2 Å². The minimum atomic E-state index is -0.250. The Bertz CT molecular complexity index is 514. The largest absolute Gasteiger partial charge is 0.495 e. The monoisotopic (exact) mass is 229 g/mol. The predicted molar refractivity (Wildman–Crippen MR) is 65.8 cm³/mol. The van der Waals surface area contributed by atoms with E-state index in [2.05, 4.69) is 9.97 Å². The highest BCUT2D eigenvalue weighted by Crippen LogP contribution is 2.26. The fourth-order valence-electron chi connectivity index (χ4n) is 1.75. The molecule has 4 heteroatoms. The summed E-state index contributed by atoms with van der Waals surface area (Å²) in [6.45, 7) is 1.99. The quantitative estimate of drug-likeness (QED) is 0.872. The Balaban J connectivity index is 2.40. The summed E-state index contributed by atoms with van der Waals surface area (Å²) >= 11 is 0. The number of aromatic nitrogens is 2. The van der Waals surface area contributed by atoms with Gasteiger partial charge in [0.15, 0.2) is 0 Å². The van der Waals surface area contributed by atoms with Crippen molar-refractivity contribution in [1.82, 2.24) is 9.97 Å². The maximum Gasteiger partial charge on any atom is 0.142 e. The smallest absolute Gasteiger partial charge is 0.142 e. The van der Waals surface area contributed by atoms with Crippen molar-refractivity contribution in [1.29, 1.82) is 0 Å². The lowest BCUT2D eigenvalue weighted by molar-refractivity contribution is 0.406. The van der Waals surface area contributed by atoms with Crippen molar-refractivity contribution in [2.24, 2.45) is 5.73 Å². The third kappa shape index (κ3) is 2.42. The van der Waals surface area contributed by atoms with E-state index in [0.717, 1.165) is 16.7 Å². The van der Waals surface area contributed by atoms with Gasteiger partial charge in [0.1, 0.15) is 5.75 Å². The van der Waals surface area contributed by atoms with Crippen LogP contribution >= 0.6 is 0 Å². The molecule has 0 saturated heterocycles. The van der Waals surface area contributed by atoms with Gasteiger partial charge in [0.25, 0.3) is 0 Å². The molecule has 0 radical (unpaired) electrons. The van der Waals surface area contributed by atoms with Crippen molar-refractivity contribution < 1.29 is 4.74 Å². The Morgan fingerprint density at radius 3 is 2.76 bits per heavy atom. The van der Waals surface area contributed by atoms with Crippen LogP contribution in [0.4, 0.5) is 0 Å². The highest BCUT2D eigenvalue weighted by Gasteiger charge is 2.14. The van der Waals surface area contributed by atoms with Crippen molar-refractivity contribution in [3.05, 3.63) is 53.6 Å². The normalized spacial score (nSPS) is 12.2. The Hall–Kier alpha value is -1.94. The summed E-state index contributed by atoms with van der Waals surface area (Å²) in [6.07, 6.45) is 6.96. The Kier molecular flexibility index (Phi) is 3.35. The highest BCUT2D eigenvalue weighted by atomic mass is 16.5. The lowest BCUT2D eigenvalue weighted by atomic mass is 10.0. The first kappa shape index (κ1) is 11.5. The molecule has 0 aliphatic carbocycles. The summed E-state index contributed by atoms with van der Waals surface area (Å²) in [7, 11) is 1.61. The third-order valence-electron chi connectivity index (χ3n) is 2.63. The summed E-state index contributed by atoms with van der Waals surface area (Å²) in [6, 6.07) is 3.64. The molecule has 0 amide bonds. The number of aryl methyl sites for hydroxylation is 1. The summed E-state index contributed by atoms with van der Waals surface area (Å²) in [4.78, 5) is 8.16. The molecule has 2 aromatic heterocycles. The highest BCUT2D eigenvalue weighted by molar-refractivity contribution is 5.39. The van der Waals surface area contributed by atoms with Crippen LogP contribution in [0.25, 0.3) is 0 Å². The molecular weight excluding hydrogens is 214 g/mol. The van der Waals surface area contributed by atoms with Gasteiger partial charge in [-0.2, -0.15) is 0 Å². The number of rotatable bonds is 3. The molecule has 0 aliphatic heterocycles. The standard InChI is InChI=1S/C13H15N3O/c1-9-5-10(7-16-6-9)13(14)11-3-4-15-8-12(11)17-2/h3-8,13H,14H2,1-2H3. The zero-order valence-corrected chi connectivity index (χ0v) is 9.92. The second kappa shape index (κ2) is 4.93. The van der Waals surface area contributed by atoms with Crippen LogP contribution in [-0.2, 0) is 0 Å². The SMILES string of the molecule is COc1cnccc1C(N)c1cncc(C)c1. The molecule has 0 fully saturated rings. The van der Waals surface area contributed by atoms with E-state index in [1.54, 1.807) is 31.9 Å². The fourth-order valence-corrected chi connectivity index (χ4v) is 1.75. The molecule has 1 atom stereocenters. The first-order chi connectivity index (χ1) is 8.22. The molecule has 4 nitrogen and oxygen atoms in total. The van der Waals surface area contributed by atoms with Gasteiger partial charge in [-0.25, -0.2) is 0 Å². The van der Waals surface area contributed by atoms with Crippen molar-refractivity contribution in [2.75, 3.05) is 7.11 Å². The lowest BCUT2D eigenvalue weighted by Crippen LogP contribution is -2.13. The Labute approximate surface area is 100 Å². The van der Waals surface area contributed by atoms with Crippen molar-refractivity contribution in [3.63, 3.8) is 0 Å². The number of pyridine rings is 2. The van der Waals surface area contributed by atoms with E-state index in [9.17, 15) is 0 Å². The van der Waals surface area contributed by atoms with Gasteiger partial charge in [0.05, 0.1) is 19.3 Å². The van der Waals surface area contributed by atoms with Gasteiger partial charge in [-0.3, -0.25) is 9.97 Å². The van der Waals surface area contributed by atoms with E-state index in [0.29, 0.717) is 5.75 Å². The van der Waals surface area contributed by atoms with E-state index >= 15 is 0 Å². The molecule has 0 bridgehead atoms. The van der Waals surface area contributed by atoms with Crippen LogP contribution < -0.4 is 10.5 Å². The number of hydrogen-bond donors (Lipinski definition) is 1. The van der Waals surface area contributed by atoms with Crippen LogP contribution in [0.2, 0.25) is 0 Å². The molecular formula is C13H15N3O. The zero-order chi connectivity index (χ0) is 12.3. The van der Waals surface area contributed by atoms with E-state index in [4.69, 9.17) is 10.5 Å². The first-order valence-electron chi connectivity index (χ1n) is 5.37. The topological polar surface area (TPSA) is 61.0 Å². The molecule has 0 aliphatic rings. The average Bonchev–Trinajstić information content (AvgIpc) is 2.38. The number of methoxy groups -OCH3 is 1. The Morgan fingerprint density at radius 2 is 2.06 bits per heavy atom. The molecule has 88 valence electrons. The van der Waals surface area contributed by atoms with Crippen molar-refractivity contribution in [3.8, 4) is 5.75 Å². The van der Waals surface area contributed by atoms with Crippen molar-refractivity contribution >= 4 is 0 Å². The van der Waals surface area contributed by atoms with Crippen LogP contribution in [0, 0.1) is 6.92 Å². The fraction of sp³-hybridized carbons (Fsp3) is 0.231. The molecule has 2 rings (SSSR count). The summed E-state index contributed by atoms with van der Waals surface area (Å²) < 4.78 is 5.26. The summed E-state index contributed by atoms with van der Waals surface area (Å²) in [5.41, 5.74) is 9.18. The van der Waals surface area contributed by atoms with Crippen LogP contribution in [0.15, 0.2) is 36.9 Å². The van der Waals surface area contributed by atoms with E-state index in [1.165, 1.54) is 0 Å². The second-order valence-corrected chi connectivity index (χ2v) is 3.89. The minimum Gasteiger partial charge on any atom is -0.495 e. The van der Waals surface area contributed by atoms with Gasteiger partial charge in [0.2, 0.25) is 0 Å². The molecule has 0 saturated carbocycles. The maximum atomic E-state index is 6.21. The number of ether oxygens (including phenoxy) is 1. The van der Waals surface area contributed by atoms with Crippen LogP contribution in [0.1, 0.15) is 22.7 Å². The summed E-state index contributed by atoms with van der Waals surface area (Å²) in [5, 5.41) is 0. The molecule has 0 aromatic carbocycles. The third-order valence-corrected chi connectivity index (χ3v) is 2.63. The van der Waals surface area contributed by atoms with Gasteiger partial charge in [-0.15, -0.1) is 0 Å². The van der Waals surface area contributed by atoms with Gasteiger partial charge >= 0.3 is 0 Å². The van der Waals surface area contributed by atoms with E-state index in [1.807, 2.05) is 19.1 Å². The predicted octanol–water partition coefficient (Wildman–Crippen LogP) is 1.84. The lowest BCUT2D eigenvalue weighted by Gasteiger charge is -2.15. The van der Waals surface area contributed by atoms with E-state index in [-0.39, 0.29) is 6.04 Å². The number of hydrogen-bond acceptors (Lipinski definition) is 4. The zero-order valence-electron chi connectivity index (χ0n) is 9.92. The first-order valence-corrected chi connectivity index (χ1v) is 5.37. The maximum absolute atomic E-state index is 6.21. The van der Waals surface area contributed by atoms with Crippen LogP contribution in [0.3, 0.4) is 0 Å². The van der Waals surface area contributed by atoms with E-state index < -0.39 is 0 Å². The summed E-state index contributed by atoms with van der Waals surface area (Å²) in [5.74, 6) is 0.696. The van der Waals surface area contributed by atoms with Gasteiger partial charge in [-0.1, -0.05) is 6.07 Å². The van der Waals surface area contributed by atoms with Gasteiger partial charge < -0.3 is 10.5 Å². The molecule has 1 unspecified atom stereocenters. The van der Waals surface area contributed by atoms with Crippen LogP contribution in [-0.4, -0.2) is 17.1 Å². The average molecular weight is 229 g/mol. The number of nitrogens with two attached hydrogens (primary N) is 1. The van der Waals surface area contributed by atoms with Crippen molar-refractivity contribution in [2.45, 2.75) is 13.0 Å². The molecule has 2 aromatic rings. The molecule has 0 spiro atoms. The molecule has 17 heavy (non-hydrogen) atoms. The van der Waals surface area contributed by atoms with Crippen LogP contribution in [0.5, 0.6) is 5.75 Å². The molecule has 2 N–H and O–H groups in total. The number of nitrogens with zero attached hydrogens (tertiary/aromatic N) is 2. The molecule has 2 heterocycles. The second-order valence-electron chi connectivity index (χ2n) is 3.89. The minimum absolute atomic E-state index is 0.250.